The van der Waals surface area contributed by atoms with Crippen LogP contribution in [0.3, 0.4) is 0 Å². The number of amides is 2. The molecule has 0 unspecified atom stereocenters. The molecule has 0 atom stereocenters. The molecule has 0 aliphatic carbocycles. The van der Waals surface area contributed by atoms with Crippen molar-refractivity contribution in [1.82, 2.24) is 20.2 Å². The minimum Gasteiger partial charge on any atom is -0.369 e. The molecule has 1 saturated heterocycles. The van der Waals surface area contributed by atoms with Crippen molar-refractivity contribution in [3.05, 3.63) is 42.1 Å². The molecule has 1 aromatic carbocycles. The number of nitrogens with two attached hydrogens (primary N) is 2. The van der Waals surface area contributed by atoms with Gasteiger partial charge in [-0.05, 0) is 57.1 Å². The maximum atomic E-state index is 12.3. The van der Waals surface area contributed by atoms with Gasteiger partial charge in [-0.15, -0.1) is 0 Å². The fourth-order valence-electron chi connectivity index (χ4n) is 3.37. The van der Waals surface area contributed by atoms with Gasteiger partial charge in [-0.25, -0.2) is 9.97 Å². The highest BCUT2D eigenvalue weighted by molar-refractivity contribution is 5.94. The Kier molecular flexibility index (Phi) is 6.54. The Labute approximate surface area is 164 Å². The molecule has 0 bridgehead atoms. The third kappa shape index (κ3) is 5.26. The summed E-state index contributed by atoms with van der Waals surface area (Å²) in [5.74, 6) is -0.0572. The van der Waals surface area contributed by atoms with Crippen molar-refractivity contribution < 1.29 is 9.59 Å². The third-order valence-corrected chi connectivity index (χ3v) is 5.04. The molecule has 0 saturated carbocycles. The van der Waals surface area contributed by atoms with Crippen LogP contribution in [0.25, 0.3) is 11.3 Å². The van der Waals surface area contributed by atoms with E-state index in [0.29, 0.717) is 12.1 Å². The van der Waals surface area contributed by atoms with Crippen LogP contribution in [0.5, 0.6) is 0 Å². The molecule has 8 nitrogen and oxygen atoms in total. The van der Waals surface area contributed by atoms with Crippen LogP contribution >= 0.6 is 0 Å². The summed E-state index contributed by atoms with van der Waals surface area (Å²) in [5.41, 5.74) is 13.2. The molecular weight excluding hydrogens is 356 g/mol. The lowest BCUT2D eigenvalue weighted by atomic mass is 9.96. The molecule has 1 aromatic heterocycles. The highest BCUT2D eigenvalue weighted by atomic mass is 16.2. The molecule has 5 N–H and O–H groups in total. The summed E-state index contributed by atoms with van der Waals surface area (Å²) in [7, 11) is 0. The molecule has 1 fully saturated rings. The van der Waals surface area contributed by atoms with Gasteiger partial charge in [-0.3, -0.25) is 9.59 Å². The first kappa shape index (κ1) is 19.8. The molecule has 28 heavy (non-hydrogen) atoms. The van der Waals surface area contributed by atoms with Crippen molar-refractivity contribution in [3.8, 4) is 11.3 Å². The standard InChI is InChI=1S/C20H26N6O2/c21-18(27)15-7-12-26(13-8-15)11-1-9-23-19(28)16-4-2-14(3-5-16)17-6-10-24-20(22)25-17/h2-6,10,15H,1,7-9,11-13H2,(H2,21,27)(H,23,28)(H2,22,24,25). The van der Waals surface area contributed by atoms with Crippen LogP contribution in [0.4, 0.5) is 5.95 Å². The van der Waals surface area contributed by atoms with E-state index in [1.165, 1.54) is 0 Å². The van der Waals surface area contributed by atoms with Crippen LogP contribution < -0.4 is 16.8 Å². The van der Waals surface area contributed by atoms with Gasteiger partial charge in [0.2, 0.25) is 11.9 Å². The lowest BCUT2D eigenvalue weighted by Crippen LogP contribution is -2.39. The summed E-state index contributed by atoms with van der Waals surface area (Å²) < 4.78 is 0. The van der Waals surface area contributed by atoms with E-state index in [1.807, 2.05) is 12.1 Å². The van der Waals surface area contributed by atoms with Gasteiger partial charge in [0.25, 0.3) is 5.91 Å². The van der Waals surface area contributed by atoms with Crippen molar-refractivity contribution in [3.63, 3.8) is 0 Å². The van der Waals surface area contributed by atoms with Crippen molar-refractivity contribution >= 4 is 17.8 Å². The van der Waals surface area contributed by atoms with Gasteiger partial charge in [0.15, 0.2) is 0 Å². The average Bonchev–Trinajstić information content (AvgIpc) is 2.71. The Morgan fingerprint density at radius 3 is 2.50 bits per heavy atom. The lowest BCUT2D eigenvalue weighted by Gasteiger charge is -2.30. The summed E-state index contributed by atoms with van der Waals surface area (Å²) in [5, 5.41) is 2.95. The number of primary amides is 1. The fraction of sp³-hybridized carbons (Fsp3) is 0.400. The molecule has 0 spiro atoms. The molecule has 3 rings (SSSR count). The van der Waals surface area contributed by atoms with E-state index in [0.717, 1.165) is 50.2 Å². The first-order chi connectivity index (χ1) is 13.5. The molecule has 1 aliphatic heterocycles. The highest BCUT2D eigenvalue weighted by Gasteiger charge is 2.22. The number of nitrogen functional groups attached to an aromatic ring is 1. The topological polar surface area (TPSA) is 127 Å². The number of hydrogen-bond donors (Lipinski definition) is 3. The first-order valence-corrected chi connectivity index (χ1v) is 9.52. The second kappa shape index (κ2) is 9.27. The van der Waals surface area contributed by atoms with Gasteiger partial charge in [-0.2, -0.15) is 0 Å². The number of hydrogen-bond acceptors (Lipinski definition) is 6. The van der Waals surface area contributed by atoms with Crippen LogP contribution in [0.15, 0.2) is 36.5 Å². The summed E-state index contributed by atoms with van der Waals surface area (Å²) >= 11 is 0. The molecule has 8 heteroatoms. The largest absolute Gasteiger partial charge is 0.369 e. The van der Waals surface area contributed by atoms with Crippen LogP contribution in [-0.2, 0) is 4.79 Å². The number of anilines is 1. The monoisotopic (exact) mass is 382 g/mol. The number of carbonyl (C=O) groups excluding carboxylic acids is 2. The zero-order chi connectivity index (χ0) is 19.9. The second-order valence-corrected chi connectivity index (χ2v) is 7.01. The maximum Gasteiger partial charge on any atom is 0.251 e. The van der Waals surface area contributed by atoms with E-state index in [-0.39, 0.29) is 23.7 Å². The Morgan fingerprint density at radius 1 is 1.14 bits per heavy atom. The van der Waals surface area contributed by atoms with E-state index in [1.54, 1.807) is 24.4 Å². The van der Waals surface area contributed by atoms with E-state index in [9.17, 15) is 9.59 Å². The minimum absolute atomic E-state index is 0.0118. The first-order valence-electron chi connectivity index (χ1n) is 9.52. The summed E-state index contributed by atoms with van der Waals surface area (Å²) in [4.78, 5) is 33.8. The fourth-order valence-corrected chi connectivity index (χ4v) is 3.37. The molecular formula is C20H26N6O2. The molecule has 0 radical (unpaired) electrons. The van der Waals surface area contributed by atoms with Crippen molar-refractivity contribution in [1.29, 1.82) is 0 Å². The van der Waals surface area contributed by atoms with E-state index >= 15 is 0 Å². The third-order valence-electron chi connectivity index (χ3n) is 5.04. The van der Waals surface area contributed by atoms with E-state index in [4.69, 9.17) is 11.5 Å². The molecule has 2 amide bonds. The molecule has 1 aliphatic rings. The number of aromatic nitrogens is 2. The second-order valence-electron chi connectivity index (χ2n) is 7.01. The molecule has 148 valence electrons. The van der Waals surface area contributed by atoms with Gasteiger partial charge in [0, 0.05) is 29.8 Å². The Bertz CT molecular complexity index is 816. The van der Waals surface area contributed by atoms with Gasteiger partial charge in [0.1, 0.15) is 0 Å². The normalized spacial score (nSPS) is 15.3. The Hall–Kier alpha value is -3.00. The summed E-state index contributed by atoms with van der Waals surface area (Å²) in [6.45, 7) is 3.28. The van der Waals surface area contributed by atoms with Crippen LogP contribution in [0, 0.1) is 5.92 Å². The Balaban J connectivity index is 1.41. The predicted octanol–water partition coefficient (Wildman–Crippen LogP) is 1.04. The van der Waals surface area contributed by atoms with E-state index in [2.05, 4.69) is 20.2 Å². The SMILES string of the molecule is NC(=O)C1CCN(CCCNC(=O)c2ccc(-c3ccnc(N)n3)cc2)CC1. The van der Waals surface area contributed by atoms with Gasteiger partial charge in [-0.1, -0.05) is 12.1 Å². The lowest BCUT2D eigenvalue weighted by molar-refractivity contribution is -0.123. The number of carbonyl (C=O) groups is 2. The highest BCUT2D eigenvalue weighted by Crippen LogP contribution is 2.18. The predicted molar refractivity (Wildman–Crippen MR) is 107 cm³/mol. The van der Waals surface area contributed by atoms with E-state index < -0.39 is 0 Å². The van der Waals surface area contributed by atoms with Crippen LogP contribution in [0.2, 0.25) is 0 Å². The van der Waals surface area contributed by atoms with Crippen LogP contribution in [0.1, 0.15) is 29.6 Å². The summed E-state index contributed by atoms with van der Waals surface area (Å²) in [6.07, 6.45) is 4.12. The maximum absolute atomic E-state index is 12.3. The molecule has 2 aromatic rings. The zero-order valence-corrected chi connectivity index (χ0v) is 15.8. The number of rotatable bonds is 7. The van der Waals surface area contributed by atoms with Crippen molar-refractivity contribution in [2.45, 2.75) is 19.3 Å². The number of nitrogens with one attached hydrogen (secondary N) is 1. The Morgan fingerprint density at radius 2 is 1.86 bits per heavy atom. The minimum atomic E-state index is -0.193. The van der Waals surface area contributed by atoms with Crippen molar-refractivity contribution in [2.24, 2.45) is 11.7 Å². The number of benzene rings is 1. The smallest absolute Gasteiger partial charge is 0.251 e. The van der Waals surface area contributed by atoms with Gasteiger partial charge in [0.05, 0.1) is 5.69 Å². The number of likely N-dealkylation sites (tertiary alicyclic amines) is 1. The van der Waals surface area contributed by atoms with Gasteiger partial charge >= 0.3 is 0 Å². The number of piperidine rings is 1. The van der Waals surface area contributed by atoms with Gasteiger partial charge < -0.3 is 21.7 Å². The average molecular weight is 382 g/mol. The number of nitrogens with zero attached hydrogens (tertiary/aromatic N) is 3. The molecule has 2 heterocycles. The quantitative estimate of drug-likeness (QED) is 0.614. The zero-order valence-electron chi connectivity index (χ0n) is 15.8. The summed E-state index contributed by atoms with van der Waals surface area (Å²) in [6, 6.07) is 9.02. The van der Waals surface area contributed by atoms with Crippen LogP contribution in [-0.4, -0.2) is 52.9 Å². The van der Waals surface area contributed by atoms with Crippen molar-refractivity contribution in [2.75, 3.05) is 31.9 Å².